The molecule has 0 amide bonds. The van der Waals surface area contributed by atoms with Crippen LogP contribution in [0.15, 0.2) is 41.5 Å². The molecule has 1 atom stereocenters. The van der Waals surface area contributed by atoms with Crippen molar-refractivity contribution in [3.8, 4) is 17.3 Å². The highest BCUT2D eigenvalue weighted by Gasteiger charge is 2.32. The van der Waals surface area contributed by atoms with Gasteiger partial charge in [-0.25, -0.2) is 15.0 Å². The first kappa shape index (κ1) is 31.8. The predicted octanol–water partition coefficient (Wildman–Crippen LogP) is 4.67. The molecule has 1 aliphatic carbocycles. The minimum absolute atomic E-state index is 0.108. The number of aromatic nitrogens is 4. The molecule has 1 saturated carbocycles. The van der Waals surface area contributed by atoms with E-state index in [0.29, 0.717) is 61.9 Å². The van der Waals surface area contributed by atoms with Crippen LogP contribution in [0.25, 0.3) is 11.3 Å². The maximum Gasteiger partial charge on any atom is 0.287 e. The lowest BCUT2D eigenvalue weighted by molar-refractivity contribution is 0.0455. The average Bonchev–Trinajstić information content (AvgIpc) is 3.04. The molecule has 0 radical (unpaired) electrons. The number of nitrogens with zero attached hydrogens (tertiary/aromatic N) is 4. The summed E-state index contributed by atoms with van der Waals surface area (Å²) in [4.78, 5) is 26.9. The fourth-order valence-corrected chi connectivity index (χ4v) is 5.83. The minimum atomic E-state index is -0.909. The van der Waals surface area contributed by atoms with Crippen molar-refractivity contribution >= 4 is 23.2 Å². The van der Waals surface area contributed by atoms with E-state index in [-0.39, 0.29) is 18.7 Å². The van der Waals surface area contributed by atoms with Crippen molar-refractivity contribution < 1.29 is 13.9 Å². The monoisotopic (exact) mass is 624 g/mol. The smallest absolute Gasteiger partial charge is 0.287 e. The maximum atomic E-state index is 13.1. The van der Waals surface area contributed by atoms with Gasteiger partial charge in [0, 0.05) is 49.6 Å². The van der Waals surface area contributed by atoms with E-state index in [1.54, 1.807) is 6.20 Å². The van der Waals surface area contributed by atoms with Gasteiger partial charge in [-0.3, -0.25) is 4.79 Å². The average molecular weight is 625 g/mol. The van der Waals surface area contributed by atoms with Crippen molar-refractivity contribution in [2.24, 2.45) is 5.41 Å². The number of hydrogen-bond acceptors (Lipinski definition) is 10. The van der Waals surface area contributed by atoms with Crippen molar-refractivity contribution in [3.05, 3.63) is 63.7 Å². The molecule has 3 aromatic heterocycles. The zero-order valence-corrected chi connectivity index (χ0v) is 25.5. The molecule has 11 nitrogen and oxygen atoms in total. The first-order valence-electron chi connectivity index (χ1n) is 15.0. The number of hydrogen-bond donors (Lipinski definition) is 4. The topological polar surface area (TPSA) is 150 Å². The second-order valence-electron chi connectivity index (χ2n) is 11.6. The van der Waals surface area contributed by atoms with Crippen molar-refractivity contribution in [2.45, 2.75) is 70.2 Å². The van der Waals surface area contributed by atoms with Crippen LogP contribution in [0.5, 0.6) is 0 Å². The van der Waals surface area contributed by atoms with E-state index in [2.05, 4.69) is 43.9 Å². The summed E-state index contributed by atoms with van der Waals surface area (Å²) in [7, 11) is 0. The minimum Gasteiger partial charge on any atom is -0.381 e. The van der Waals surface area contributed by atoms with Crippen molar-refractivity contribution in [2.75, 3.05) is 37.0 Å². The fourth-order valence-electron chi connectivity index (χ4n) is 5.63. The van der Waals surface area contributed by atoms with Gasteiger partial charge in [0.1, 0.15) is 24.1 Å². The molecular weight excluding hydrogens is 587 g/mol. The van der Waals surface area contributed by atoms with Crippen LogP contribution in [0.1, 0.15) is 51.3 Å². The molecule has 0 spiro atoms. The first-order valence-corrected chi connectivity index (χ1v) is 15.4. The molecule has 4 heterocycles. The van der Waals surface area contributed by atoms with Gasteiger partial charge in [0.15, 0.2) is 0 Å². The highest BCUT2D eigenvalue weighted by molar-refractivity contribution is 6.33. The Balaban J connectivity index is 1.09. The molecule has 1 saturated heterocycles. The van der Waals surface area contributed by atoms with E-state index in [1.807, 2.05) is 24.3 Å². The molecule has 234 valence electrons. The zero-order chi connectivity index (χ0) is 30.9. The number of ether oxygens (including phenoxy) is 2. The number of pyridine rings is 2. The van der Waals surface area contributed by atoms with Crippen LogP contribution in [0.2, 0.25) is 5.02 Å². The van der Waals surface area contributed by atoms with Crippen LogP contribution < -0.4 is 21.5 Å². The Morgan fingerprint density at radius 3 is 2.70 bits per heavy atom. The molecular formula is C31H38ClFN8O3. The number of aromatic amines is 1. The van der Waals surface area contributed by atoms with Crippen LogP contribution in [-0.4, -0.2) is 64.4 Å². The lowest BCUT2D eigenvalue weighted by atomic mass is 9.82. The summed E-state index contributed by atoms with van der Waals surface area (Å²) in [6.07, 6.45) is 7.92. The van der Waals surface area contributed by atoms with Gasteiger partial charge in [-0.15, -0.1) is 0 Å². The summed E-state index contributed by atoms with van der Waals surface area (Å²) in [6, 6.07) is 10.9. The molecule has 2 aliphatic rings. The molecule has 0 unspecified atom stereocenters. The van der Waals surface area contributed by atoms with Crippen molar-refractivity contribution in [3.63, 3.8) is 0 Å². The Kier molecular flexibility index (Phi) is 10.8. The molecule has 1 aliphatic heterocycles. The largest absolute Gasteiger partial charge is 0.381 e. The molecule has 2 fully saturated rings. The van der Waals surface area contributed by atoms with Gasteiger partial charge in [0.05, 0.1) is 35.0 Å². The summed E-state index contributed by atoms with van der Waals surface area (Å²) in [5.41, 5.74) is 0.273. The third-order valence-electron chi connectivity index (χ3n) is 8.19. The lowest BCUT2D eigenvalue weighted by Crippen LogP contribution is -2.43. The summed E-state index contributed by atoms with van der Waals surface area (Å²) in [6.45, 7) is 4.31. The Labute approximate surface area is 261 Å². The van der Waals surface area contributed by atoms with Gasteiger partial charge in [-0.2, -0.15) is 9.65 Å². The molecule has 0 aromatic carbocycles. The number of nitrogens with one attached hydrogen (secondary N) is 4. The van der Waals surface area contributed by atoms with Crippen molar-refractivity contribution in [1.82, 2.24) is 25.3 Å². The van der Waals surface area contributed by atoms with Crippen LogP contribution in [0, 0.1) is 22.6 Å². The quantitative estimate of drug-likeness (QED) is 0.224. The van der Waals surface area contributed by atoms with E-state index >= 15 is 0 Å². The second kappa shape index (κ2) is 14.9. The lowest BCUT2D eigenvalue weighted by Gasteiger charge is -2.32. The molecule has 3 aromatic rings. The SMILES string of the molecule is C[C@H](COCc1ncc(F)c(=O)[nH]1)N[C@H]1CC[C@H](Nc2cc(-c3cccc(NCC4(C#N)CCOCC4)n3)c(Cl)cn2)CC1. The Hall–Kier alpha value is -3.63. The zero-order valence-electron chi connectivity index (χ0n) is 24.7. The highest BCUT2D eigenvalue weighted by atomic mass is 35.5. The predicted molar refractivity (Wildman–Crippen MR) is 166 cm³/mol. The van der Waals surface area contributed by atoms with Gasteiger partial charge in [-0.1, -0.05) is 17.7 Å². The normalized spacial score (nSPS) is 20.4. The van der Waals surface area contributed by atoms with E-state index in [1.165, 1.54) is 0 Å². The van der Waals surface area contributed by atoms with Crippen LogP contribution in [-0.2, 0) is 16.1 Å². The molecule has 13 heteroatoms. The van der Waals surface area contributed by atoms with E-state index in [9.17, 15) is 14.4 Å². The van der Waals surface area contributed by atoms with Gasteiger partial charge < -0.3 is 30.4 Å². The number of H-pyrrole nitrogens is 1. The second-order valence-corrected chi connectivity index (χ2v) is 12.0. The maximum absolute atomic E-state index is 13.1. The third kappa shape index (κ3) is 8.51. The van der Waals surface area contributed by atoms with Crippen molar-refractivity contribution in [1.29, 1.82) is 5.26 Å². The summed E-state index contributed by atoms with van der Waals surface area (Å²) in [5.74, 6) is 0.835. The number of halogens is 2. The van der Waals surface area contributed by atoms with Gasteiger partial charge in [0.2, 0.25) is 5.82 Å². The van der Waals surface area contributed by atoms with Gasteiger partial charge in [-0.05, 0) is 63.6 Å². The third-order valence-corrected chi connectivity index (χ3v) is 8.49. The molecule has 44 heavy (non-hydrogen) atoms. The molecule has 0 bridgehead atoms. The van der Waals surface area contributed by atoms with E-state index in [4.69, 9.17) is 26.1 Å². The van der Waals surface area contributed by atoms with E-state index in [0.717, 1.165) is 49.0 Å². The van der Waals surface area contributed by atoms with Gasteiger partial charge >= 0.3 is 0 Å². The number of rotatable bonds is 12. The van der Waals surface area contributed by atoms with E-state index < -0.39 is 16.8 Å². The Morgan fingerprint density at radius 2 is 1.95 bits per heavy atom. The summed E-state index contributed by atoms with van der Waals surface area (Å²) in [5, 5.41) is 20.8. The Morgan fingerprint density at radius 1 is 1.18 bits per heavy atom. The molecule has 5 rings (SSSR count). The van der Waals surface area contributed by atoms with Gasteiger partial charge in [0.25, 0.3) is 5.56 Å². The fraction of sp³-hybridized carbons (Fsp3) is 0.516. The number of anilines is 2. The van der Waals surface area contributed by atoms with Crippen LogP contribution >= 0.6 is 11.6 Å². The van der Waals surface area contributed by atoms with Crippen LogP contribution in [0.3, 0.4) is 0 Å². The Bertz CT molecular complexity index is 1500. The standard InChI is InChI=1S/C31H38ClFN8O3/c1-20(16-44-17-29-36-15-25(33)30(42)41-29)38-21-5-7-22(8-6-21)39-28-13-23(24(32)14-35-28)26-3-2-4-27(40-26)37-19-31(18-34)9-11-43-12-10-31/h2-4,13-15,20-22,38H,5-12,16-17,19H2,1H3,(H,35,39)(H,37,40)(H,36,41,42)/t20-,21-,22-/m1/s1. The number of nitriles is 1. The summed E-state index contributed by atoms with van der Waals surface area (Å²) < 4.78 is 24.2. The molecule has 4 N–H and O–H groups in total. The first-order chi connectivity index (χ1) is 21.3. The summed E-state index contributed by atoms with van der Waals surface area (Å²) >= 11 is 6.56. The van der Waals surface area contributed by atoms with Crippen LogP contribution in [0.4, 0.5) is 16.0 Å². The highest BCUT2D eigenvalue weighted by Crippen LogP contribution is 2.32.